The summed E-state index contributed by atoms with van der Waals surface area (Å²) in [5.74, 6) is 0.339. The second kappa shape index (κ2) is 2.83. The van der Waals surface area contributed by atoms with Crippen LogP contribution in [0.3, 0.4) is 0 Å². The number of hydrogen-bond donors (Lipinski definition) is 1. The summed E-state index contributed by atoms with van der Waals surface area (Å²) in [6.45, 7) is 0. The number of rotatable bonds is 0. The summed E-state index contributed by atoms with van der Waals surface area (Å²) < 4.78 is 0. The number of piperidine rings is 2. The molecule has 2 aliphatic rings. The lowest BCUT2D eigenvalue weighted by Gasteiger charge is -2.38. The SMILES string of the molecule is N#CC1C[C@H]2CCC[C@H](C1)N2. The van der Waals surface area contributed by atoms with Crippen molar-refractivity contribution in [2.24, 2.45) is 5.92 Å². The van der Waals surface area contributed by atoms with Crippen molar-refractivity contribution in [2.45, 2.75) is 44.2 Å². The molecule has 2 saturated heterocycles. The molecule has 0 unspecified atom stereocenters. The fraction of sp³-hybridized carbons (Fsp3) is 0.889. The Labute approximate surface area is 67.6 Å². The molecule has 2 aliphatic heterocycles. The van der Waals surface area contributed by atoms with Crippen molar-refractivity contribution in [3.05, 3.63) is 0 Å². The van der Waals surface area contributed by atoms with Crippen LogP contribution in [0.5, 0.6) is 0 Å². The van der Waals surface area contributed by atoms with E-state index in [0.717, 1.165) is 12.8 Å². The first-order valence-corrected chi connectivity index (χ1v) is 4.54. The highest BCUT2D eigenvalue weighted by atomic mass is 15.0. The zero-order valence-corrected chi connectivity index (χ0v) is 6.71. The molecule has 1 N–H and O–H groups in total. The van der Waals surface area contributed by atoms with E-state index in [0.29, 0.717) is 18.0 Å². The summed E-state index contributed by atoms with van der Waals surface area (Å²) in [5.41, 5.74) is 0. The molecule has 2 bridgehead atoms. The molecule has 2 atom stereocenters. The molecule has 11 heavy (non-hydrogen) atoms. The molecule has 0 aromatic heterocycles. The van der Waals surface area contributed by atoms with Crippen molar-refractivity contribution in [3.63, 3.8) is 0 Å². The molecule has 2 heterocycles. The van der Waals surface area contributed by atoms with Crippen molar-refractivity contribution in [2.75, 3.05) is 0 Å². The van der Waals surface area contributed by atoms with Gasteiger partial charge >= 0.3 is 0 Å². The lowest BCUT2D eigenvalue weighted by Crippen LogP contribution is -2.48. The van der Waals surface area contributed by atoms with Gasteiger partial charge in [-0.1, -0.05) is 6.42 Å². The van der Waals surface area contributed by atoms with Crippen LogP contribution < -0.4 is 5.32 Å². The zero-order chi connectivity index (χ0) is 7.68. The average Bonchev–Trinajstić information content (AvgIpc) is 2.03. The number of nitrogens with one attached hydrogen (secondary N) is 1. The van der Waals surface area contributed by atoms with E-state index in [9.17, 15) is 0 Å². The van der Waals surface area contributed by atoms with Crippen molar-refractivity contribution >= 4 is 0 Å². The van der Waals surface area contributed by atoms with Crippen molar-refractivity contribution in [1.29, 1.82) is 5.26 Å². The van der Waals surface area contributed by atoms with E-state index >= 15 is 0 Å². The third-order valence-electron chi connectivity index (χ3n) is 2.90. The van der Waals surface area contributed by atoms with Gasteiger partial charge in [-0.05, 0) is 25.7 Å². The Bertz CT molecular complexity index is 170. The zero-order valence-electron chi connectivity index (χ0n) is 6.71. The van der Waals surface area contributed by atoms with Crippen molar-refractivity contribution in [1.82, 2.24) is 5.32 Å². The molecule has 0 aliphatic carbocycles. The van der Waals surface area contributed by atoms with Gasteiger partial charge in [0.25, 0.3) is 0 Å². The average molecular weight is 150 g/mol. The van der Waals surface area contributed by atoms with Gasteiger partial charge in [-0.25, -0.2) is 0 Å². The first-order chi connectivity index (χ1) is 5.38. The Balaban J connectivity index is 2.01. The monoisotopic (exact) mass is 150 g/mol. The Morgan fingerprint density at radius 3 is 2.36 bits per heavy atom. The molecule has 0 saturated carbocycles. The second-order valence-corrected chi connectivity index (χ2v) is 3.79. The smallest absolute Gasteiger partial charge is 0.0657 e. The molecule has 0 spiro atoms. The molecule has 0 aromatic rings. The Morgan fingerprint density at radius 1 is 1.18 bits per heavy atom. The highest BCUT2D eigenvalue weighted by Crippen LogP contribution is 2.28. The van der Waals surface area contributed by atoms with E-state index in [4.69, 9.17) is 5.26 Å². The van der Waals surface area contributed by atoms with Crippen molar-refractivity contribution in [3.8, 4) is 6.07 Å². The number of fused-ring (bicyclic) bond motifs is 2. The van der Waals surface area contributed by atoms with Crippen LogP contribution in [0.25, 0.3) is 0 Å². The highest BCUT2D eigenvalue weighted by Gasteiger charge is 2.30. The summed E-state index contributed by atoms with van der Waals surface area (Å²) >= 11 is 0. The van der Waals surface area contributed by atoms with Gasteiger partial charge in [0.2, 0.25) is 0 Å². The molecular weight excluding hydrogens is 136 g/mol. The summed E-state index contributed by atoms with van der Waals surface area (Å²) in [4.78, 5) is 0. The summed E-state index contributed by atoms with van der Waals surface area (Å²) in [7, 11) is 0. The molecule has 0 amide bonds. The molecule has 2 rings (SSSR count). The molecule has 60 valence electrons. The topological polar surface area (TPSA) is 35.8 Å². The van der Waals surface area contributed by atoms with Gasteiger partial charge in [0.1, 0.15) is 0 Å². The lowest BCUT2D eigenvalue weighted by atomic mass is 9.81. The fourth-order valence-electron chi connectivity index (χ4n) is 2.37. The number of nitriles is 1. The summed E-state index contributed by atoms with van der Waals surface area (Å²) in [6.07, 6.45) is 6.11. The molecule has 2 nitrogen and oxygen atoms in total. The van der Waals surface area contributed by atoms with Gasteiger partial charge in [-0.15, -0.1) is 0 Å². The molecular formula is C9H14N2. The Kier molecular flexibility index (Phi) is 1.83. The van der Waals surface area contributed by atoms with Crippen LogP contribution in [0, 0.1) is 17.2 Å². The Morgan fingerprint density at radius 2 is 1.82 bits per heavy atom. The first-order valence-electron chi connectivity index (χ1n) is 4.54. The maximum Gasteiger partial charge on any atom is 0.0657 e. The van der Waals surface area contributed by atoms with Gasteiger partial charge in [0.05, 0.1) is 6.07 Å². The fourth-order valence-corrected chi connectivity index (χ4v) is 2.37. The third kappa shape index (κ3) is 1.39. The van der Waals surface area contributed by atoms with Crippen LogP contribution in [-0.4, -0.2) is 12.1 Å². The van der Waals surface area contributed by atoms with Crippen LogP contribution in [0.4, 0.5) is 0 Å². The third-order valence-corrected chi connectivity index (χ3v) is 2.90. The van der Waals surface area contributed by atoms with Gasteiger partial charge < -0.3 is 5.32 Å². The van der Waals surface area contributed by atoms with Crippen LogP contribution in [0.1, 0.15) is 32.1 Å². The van der Waals surface area contributed by atoms with Gasteiger partial charge in [-0.3, -0.25) is 0 Å². The standard InChI is InChI=1S/C9H14N2/c10-6-7-4-8-2-1-3-9(5-7)11-8/h7-9,11H,1-5H2/t8-,9-/m1/s1. The van der Waals surface area contributed by atoms with E-state index in [1.165, 1.54) is 19.3 Å². The number of hydrogen-bond acceptors (Lipinski definition) is 2. The minimum absolute atomic E-state index is 0.339. The van der Waals surface area contributed by atoms with E-state index in [2.05, 4.69) is 11.4 Å². The Hall–Kier alpha value is -0.550. The maximum absolute atomic E-state index is 8.77. The second-order valence-electron chi connectivity index (χ2n) is 3.79. The van der Waals surface area contributed by atoms with Crippen LogP contribution in [-0.2, 0) is 0 Å². The largest absolute Gasteiger partial charge is 0.311 e. The predicted molar refractivity (Wildman–Crippen MR) is 42.9 cm³/mol. The normalized spacial score (nSPS) is 43.0. The molecule has 2 fully saturated rings. The van der Waals surface area contributed by atoms with Crippen molar-refractivity contribution < 1.29 is 0 Å². The van der Waals surface area contributed by atoms with E-state index in [1.807, 2.05) is 0 Å². The highest BCUT2D eigenvalue weighted by molar-refractivity contribution is 4.96. The number of nitrogens with zero attached hydrogens (tertiary/aromatic N) is 1. The minimum atomic E-state index is 0.339. The van der Waals surface area contributed by atoms with Gasteiger partial charge in [-0.2, -0.15) is 5.26 Å². The van der Waals surface area contributed by atoms with Crippen LogP contribution in [0.2, 0.25) is 0 Å². The van der Waals surface area contributed by atoms with Crippen LogP contribution >= 0.6 is 0 Å². The first kappa shape index (κ1) is 7.12. The molecule has 0 radical (unpaired) electrons. The summed E-state index contributed by atoms with van der Waals surface area (Å²) in [5, 5.41) is 12.3. The van der Waals surface area contributed by atoms with Crippen LogP contribution in [0.15, 0.2) is 0 Å². The molecule has 0 aromatic carbocycles. The quantitative estimate of drug-likeness (QED) is 0.567. The van der Waals surface area contributed by atoms with E-state index in [-0.39, 0.29) is 0 Å². The minimum Gasteiger partial charge on any atom is -0.311 e. The maximum atomic E-state index is 8.77. The summed E-state index contributed by atoms with van der Waals surface area (Å²) in [6, 6.07) is 3.71. The predicted octanol–water partition coefficient (Wildman–Crippen LogP) is 1.43. The molecule has 2 heteroatoms. The van der Waals surface area contributed by atoms with E-state index in [1.54, 1.807) is 0 Å². The van der Waals surface area contributed by atoms with E-state index < -0.39 is 0 Å². The van der Waals surface area contributed by atoms with Gasteiger partial charge in [0, 0.05) is 18.0 Å². The van der Waals surface area contributed by atoms with Gasteiger partial charge in [0.15, 0.2) is 0 Å². The lowest BCUT2D eigenvalue weighted by molar-refractivity contribution is 0.213.